The summed E-state index contributed by atoms with van der Waals surface area (Å²) in [5.41, 5.74) is 1.65. The van der Waals surface area contributed by atoms with Crippen LogP contribution in [0, 0.1) is 0 Å². The highest BCUT2D eigenvalue weighted by molar-refractivity contribution is 6.31. The second kappa shape index (κ2) is 11.3. The Morgan fingerprint density at radius 1 is 1.22 bits per heavy atom. The molecule has 0 aliphatic rings. The van der Waals surface area contributed by atoms with E-state index in [0.717, 1.165) is 5.57 Å². The van der Waals surface area contributed by atoms with Gasteiger partial charge in [0, 0.05) is 22.8 Å². The van der Waals surface area contributed by atoms with Crippen LogP contribution in [0.15, 0.2) is 60.0 Å². The van der Waals surface area contributed by atoms with Crippen LogP contribution >= 0.6 is 11.6 Å². The number of hydrogen-bond acceptors (Lipinski definition) is 3. The molecule has 2 amide bonds. The van der Waals surface area contributed by atoms with Gasteiger partial charge in [-0.25, -0.2) is 0 Å². The maximum atomic E-state index is 11.5. The van der Waals surface area contributed by atoms with Crippen LogP contribution < -0.4 is 10.6 Å². The monoisotopic (exact) mass is 338 g/mol. The number of rotatable bonds is 10. The van der Waals surface area contributed by atoms with Gasteiger partial charge in [0.2, 0.25) is 0 Å². The molecule has 2 N–H and O–H groups in total. The molecule has 5 nitrogen and oxygen atoms in total. The van der Waals surface area contributed by atoms with Crippen molar-refractivity contribution in [3.05, 3.63) is 60.0 Å². The zero-order chi connectivity index (χ0) is 17.8. The van der Waals surface area contributed by atoms with Crippen molar-refractivity contribution in [3.63, 3.8) is 0 Å². The highest BCUT2D eigenvalue weighted by Gasteiger charge is 2.07. The fraction of sp³-hybridized carbons (Fsp3) is 0.294. The standard InChI is InChI=1S/C17H23ClN2O3/c1-12(2)15(18)7-6-10-23-11-16(21)19-9-8-14(5)17(22)20-13(3)4/h6-7,10H,1,3,5,8-9,11H2,2,4H3,(H,19,21)(H,20,22)/b10-6+,15-7+. The molecular weight excluding hydrogens is 316 g/mol. The number of allylic oxidation sites excluding steroid dienone is 5. The fourth-order valence-electron chi connectivity index (χ4n) is 1.24. The maximum Gasteiger partial charge on any atom is 0.257 e. The molecule has 0 fully saturated rings. The van der Waals surface area contributed by atoms with Gasteiger partial charge in [0.1, 0.15) is 0 Å². The molecule has 0 unspecified atom stereocenters. The molecule has 0 saturated carbocycles. The average molecular weight is 339 g/mol. The number of carbonyl (C=O) groups excluding carboxylic acids is 2. The van der Waals surface area contributed by atoms with Crippen LogP contribution in [0.2, 0.25) is 0 Å². The van der Waals surface area contributed by atoms with Crippen molar-refractivity contribution in [2.45, 2.75) is 20.3 Å². The van der Waals surface area contributed by atoms with Crippen LogP contribution in [0.3, 0.4) is 0 Å². The molecule has 0 aromatic carbocycles. The Morgan fingerprint density at radius 2 is 1.87 bits per heavy atom. The van der Waals surface area contributed by atoms with E-state index in [2.05, 4.69) is 30.4 Å². The van der Waals surface area contributed by atoms with E-state index >= 15 is 0 Å². The molecule has 0 saturated heterocycles. The van der Waals surface area contributed by atoms with Crippen LogP contribution in [-0.4, -0.2) is 25.0 Å². The van der Waals surface area contributed by atoms with Crippen LogP contribution in [0.1, 0.15) is 20.3 Å². The molecule has 126 valence electrons. The Kier molecular flexibility index (Phi) is 10.2. The van der Waals surface area contributed by atoms with Crippen LogP contribution in [-0.2, 0) is 14.3 Å². The first-order chi connectivity index (χ1) is 10.7. The molecule has 0 radical (unpaired) electrons. The van der Waals surface area contributed by atoms with Gasteiger partial charge in [-0.1, -0.05) is 31.3 Å². The molecule has 0 aromatic rings. The van der Waals surface area contributed by atoms with Gasteiger partial charge in [-0.2, -0.15) is 0 Å². The van der Waals surface area contributed by atoms with E-state index in [1.807, 2.05) is 0 Å². The number of nitrogens with one attached hydrogen (secondary N) is 2. The molecule has 0 heterocycles. The molecule has 0 bridgehead atoms. The number of halogens is 1. The lowest BCUT2D eigenvalue weighted by Gasteiger charge is -2.08. The fourth-order valence-corrected chi connectivity index (χ4v) is 1.32. The zero-order valence-electron chi connectivity index (χ0n) is 13.6. The summed E-state index contributed by atoms with van der Waals surface area (Å²) < 4.78 is 5.04. The topological polar surface area (TPSA) is 67.4 Å². The maximum absolute atomic E-state index is 11.5. The normalized spacial score (nSPS) is 11.0. The van der Waals surface area contributed by atoms with Gasteiger partial charge in [0.15, 0.2) is 6.61 Å². The van der Waals surface area contributed by atoms with Gasteiger partial charge in [0.25, 0.3) is 11.8 Å². The molecule has 0 spiro atoms. The summed E-state index contributed by atoms with van der Waals surface area (Å²) in [6.45, 7) is 14.5. The Labute approximate surface area is 142 Å². The first-order valence-corrected chi connectivity index (χ1v) is 7.33. The summed E-state index contributed by atoms with van der Waals surface area (Å²) >= 11 is 5.84. The van der Waals surface area contributed by atoms with E-state index < -0.39 is 0 Å². The van der Waals surface area contributed by atoms with Crippen molar-refractivity contribution in [2.24, 2.45) is 0 Å². The third kappa shape index (κ3) is 11.0. The number of carbonyl (C=O) groups is 2. The molecule has 0 atom stereocenters. The van der Waals surface area contributed by atoms with Crippen LogP contribution in [0.5, 0.6) is 0 Å². The van der Waals surface area contributed by atoms with E-state index in [1.54, 1.807) is 26.0 Å². The Hall–Kier alpha value is -2.27. The Bertz CT molecular complexity index is 548. The number of hydrogen-bond donors (Lipinski definition) is 2. The quantitative estimate of drug-likeness (QED) is 0.365. The van der Waals surface area contributed by atoms with Crippen LogP contribution in [0.4, 0.5) is 0 Å². The lowest BCUT2D eigenvalue weighted by Crippen LogP contribution is -2.30. The average Bonchev–Trinajstić information content (AvgIpc) is 2.45. The van der Waals surface area contributed by atoms with E-state index in [-0.39, 0.29) is 18.4 Å². The summed E-state index contributed by atoms with van der Waals surface area (Å²) in [5.74, 6) is -0.593. The summed E-state index contributed by atoms with van der Waals surface area (Å²) in [7, 11) is 0. The summed E-state index contributed by atoms with van der Waals surface area (Å²) in [4.78, 5) is 23.0. The predicted octanol–water partition coefficient (Wildman–Crippen LogP) is 2.93. The summed E-state index contributed by atoms with van der Waals surface area (Å²) in [6.07, 6.45) is 4.90. The zero-order valence-corrected chi connectivity index (χ0v) is 14.3. The van der Waals surface area contributed by atoms with Crippen molar-refractivity contribution >= 4 is 23.4 Å². The second-order valence-electron chi connectivity index (χ2n) is 4.87. The van der Waals surface area contributed by atoms with Crippen molar-refractivity contribution in [1.29, 1.82) is 0 Å². The molecule has 0 aromatic heterocycles. The third-order valence-electron chi connectivity index (χ3n) is 2.44. The largest absolute Gasteiger partial charge is 0.491 e. The summed E-state index contributed by atoms with van der Waals surface area (Å²) in [5, 5.41) is 5.68. The molecule has 0 aliphatic heterocycles. The second-order valence-corrected chi connectivity index (χ2v) is 5.28. The van der Waals surface area contributed by atoms with Gasteiger partial charge in [-0.15, -0.1) is 0 Å². The van der Waals surface area contributed by atoms with E-state index in [0.29, 0.717) is 29.3 Å². The minimum Gasteiger partial charge on any atom is -0.491 e. The number of ether oxygens (including phenoxy) is 1. The van der Waals surface area contributed by atoms with Crippen molar-refractivity contribution in [2.75, 3.05) is 13.2 Å². The van der Waals surface area contributed by atoms with Crippen molar-refractivity contribution < 1.29 is 14.3 Å². The van der Waals surface area contributed by atoms with Gasteiger partial charge in [0.05, 0.1) is 6.26 Å². The highest BCUT2D eigenvalue weighted by Crippen LogP contribution is 2.10. The van der Waals surface area contributed by atoms with E-state index in [1.165, 1.54) is 6.26 Å². The SMILES string of the molecule is C=C(C)NC(=O)C(=C)CCNC(=O)CO/C=C/C=C(/Cl)C(=C)C. The van der Waals surface area contributed by atoms with Gasteiger partial charge in [-0.05, 0) is 38.0 Å². The van der Waals surface area contributed by atoms with E-state index in [9.17, 15) is 9.59 Å². The van der Waals surface area contributed by atoms with Crippen molar-refractivity contribution in [3.8, 4) is 0 Å². The minimum absolute atomic E-state index is 0.126. The molecule has 0 rings (SSSR count). The van der Waals surface area contributed by atoms with Gasteiger partial charge >= 0.3 is 0 Å². The van der Waals surface area contributed by atoms with Crippen molar-refractivity contribution in [1.82, 2.24) is 10.6 Å². The van der Waals surface area contributed by atoms with E-state index in [4.69, 9.17) is 16.3 Å². The summed E-state index contributed by atoms with van der Waals surface area (Å²) in [6, 6.07) is 0. The van der Waals surface area contributed by atoms with Gasteiger partial charge in [-0.3, -0.25) is 9.59 Å². The van der Waals surface area contributed by atoms with Gasteiger partial charge < -0.3 is 15.4 Å². The molecule has 6 heteroatoms. The smallest absolute Gasteiger partial charge is 0.257 e. The highest BCUT2D eigenvalue weighted by atomic mass is 35.5. The molecular formula is C17H23ClN2O3. The lowest BCUT2D eigenvalue weighted by molar-refractivity contribution is -0.124. The first kappa shape index (κ1) is 20.7. The first-order valence-electron chi connectivity index (χ1n) is 6.95. The third-order valence-corrected chi connectivity index (χ3v) is 2.89. The minimum atomic E-state index is -0.299. The molecule has 0 aliphatic carbocycles. The Morgan fingerprint density at radius 3 is 2.43 bits per heavy atom. The molecule has 23 heavy (non-hydrogen) atoms. The van der Waals surface area contributed by atoms with Crippen LogP contribution in [0.25, 0.3) is 0 Å². The predicted molar refractivity (Wildman–Crippen MR) is 93.6 cm³/mol. The number of amides is 2. The Balaban J connectivity index is 3.92. The lowest BCUT2D eigenvalue weighted by atomic mass is 10.2.